The molecule has 1 aromatic carbocycles. The summed E-state index contributed by atoms with van der Waals surface area (Å²) in [6, 6.07) is 9.26. The standard InChI is InChI=1S/C13H10ClF3N2O/c14-12-10(5-3-7-18-12)19-8-9-4-1-2-6-11(9)20-13(15,16)17/h1-7,19H,8H2. The molecule has 0 radical (unpaired) electrons. The number of anilines is 1. The van der Waals surface area contributed by atoms with Crippen molar-refractivity contribution in [3.63, 3.8) is 0 Å². The van der Waals surface area contributed by atoms with Gasteiger partial charge in [-0.3, -0.25) is 0 Å². The number of para-hydroxylation sites is 1. The van der Waals surface area contributed by atoms with Crippen LogP contribution in [0.15, 0.2) is 42.6 Å². The van der Waals surface area contributed by atoms with Crippen LogP contribution in [0, 0.1) is 0 Å². The van der Waals surface area contributed by atoms with E-state index >= 15 is 0 Å². The van der Waals surface area contributed by atoms with Gasteiger partial charge in [-0.1, -0.05) is 29.8 Å². The van der Waals surface area contributed by atoms with Crippen molar-refractivity contribution >= 4 is 17.3 Å². The van der Waals surface area contributed by atoms with Crippen LogP contribution in [0.25, 0.3) is 0 Å². The number of nitrogens with zero attached hydrogens (tertiary/aromatic N) is 1. The van der Waals surface area contributed by atoms with E-state index in [2.05, 4.69) is 15.0 Å². The van der Waals surface area contributed by atoms with Crippen molar-refractivity contribution in [1.29, 1.82) is 0 Å². The number of pyridine rings is 1. The van der Waals surface area contributed by atoms with Gasteiger partial charge in [0.1, 0.15) is 5.75 Å². The van der Waals surface area contributed by atoms with Gasteiger partial charge >= 0.3 is 6.36 Å². The summed E-state index contributed by atoms with van der Waals surface area (Å²) in [7, 11) is 0. The molecular formula is C13H10ClF3N2O. The van der Waals surface area contributed by atoms with E-state index in [1.807, 2.05) is 0 Å². The molecule has 2 rings (SSSR count). The average Bonchev–Trinajstić information content (AvgIpc) is 2.37. The molecule has 1 heterocycles. The third kappa shape index (κ3) is 4.03. The van der Waals surface area contributed by atoms with E-state index in [0.29, 0.717) is 11.3 Å². The fraction of sp³-hybridized carbons (Fsp3) is 0.154. The largest absolute Gasteiger partial charge is 0.573 e. The second-order valence-electron chi connectivity index (χ2n) is 3.85. The van der Waals surface area contributed by atoms with E-state index < -0.39 is 6.36 Å². The van der Waals surface area contributed by atoms with E-state index in [1.54, 1.807) is 24.3 Å². The Labute approximate surface area is 118 Å². The molecule has 0 atom stereocenters. The summed E-state index contributed by atoms with van der Waals surface area (Å²) in [5, 5.41) is 3.17. The highest BCUT2D eigenvalue weighted by Gasteiger charge is 2.31. The molecule has 0 saturated heterocycles. The molecule has 0 aliphatic rings. The van der Waals surface area contributed by atoms with Crippen molar-refractivity contribution in [2.45, 2.75) is 12.9 Å². The van der Waals surface area contributed by atoms with Crippen LogP contribution in [0.4, 0.5) is 18.9 Å². The summed E-state index contributed by atoms with van der Waals surface area (Å²) in [5.41, 5.74) is 0.903. The zero-order valence-corrected chi connectivity index (χ0v) is 10.9. The lowest BCUT2D eigenvalue weighted by molar-refractivity contribution is -0.274. The van der Waals surface area contributed by atoms with Crippen molar-refractivity contribution in [3.8, 4) is 5.75 Å². The molecule has 1 aromatic heterocycles. The highest BCUT2D eigenvalue weighted by molar-refractivity contribution is 6.31. The van der Waals surface area contributed by atoms with Gasteiger partial charge in [0.25, 0.3) is 0 Å². The second kappa shape index (κ2) is 6.00. The first kappa shape index (κ1) is 14.5. The molecule has 2 aromatic rings. The minimum absolute atomic E-state index is 0.137. The molecule has 3 nitrogen and oxygen atoms in total. The maximum absolute atomic E-state index is 12.3. The lowest BCUT2D eigenvalue weighted by atomic mass is 10.2. The topological polar surface area (TPSA) is 34.1 Å². The number of halogens is 4. The number of benzene rings is 1. The van der Waals surface area contributed by atoms with Crippen LogP contribution in [-0.4, -0.2) is 11.3 Å². The molecule has 0 bridgehead atoms. The zero-order valence-electron chi connectivity index (χ0n) is 10.1. The Kier molecular flexibility index (Phi) is 4.34. The number of aromatic nitrogens is 1. The van der Waals surface area contributed by atoms with E-state index in [4.69, 9.17) is 11.6 Å². The van der Waals surface area contributed by atoms with Crippen molar-refractivity contribution in [1.82, 2.24) is 4.98 Å². The molecule has 106 valence electrons. The smallest absolute Gasteiger partial charge is 0.405 e. The van der Waals surface area contributed by atoms with Gasteiger partial charge in [-0.2, -0.15) is 0 Å². The van der Waals surface area contributed by atoms with Crippen LogP contribution in [-0.2, 0) is 6.54 Å². The molecule has 1 N–H and O–H groups in total. The minimum atomic E-state index is -4.72. The normalized spacial score (nSPS) is 11.2. The lowest BCUT2D eigenvalue weighted by Crippen LogP contribution is -2.18. The first-order valence-electron chi connectivity index (χ1n) is 5.64. The molecule has 20 heavy (non-hydrogen) atoms. The van der Waals surface area contributed by atoms with E-state index in [9.17, 15) is 13.2 Å². The van der Waals surface area contributed by atoms with Crippen LogP contribution >= 0.6 is 11.6 Å². The van der Waals surface area contributed by atoms with Crippen molar-refractivity contribution < 1.29 is 17.9 Å². The van der Waals surface area contributed by atoms with Gasteiger partial charge in [0.2, 0.25) is 0 Å². The highest BCUT2D eigenvalue weighted by Crippen LogP contribution is 2.27. The monoisotopic (exact) mass is 302 g/mol. The summed E-state index contributed by atoms with van der Waals surface area (Å²) in [6.45, 7) is 0.137. The van der Waals surface area contributed by atoms with Gasteiger partial charge in [-0.05, 0) is 18.2 Å². The third-order valence-electron chi connectivity index (χ3n) is 2.43. The molecule has 0 aliphatic heterocycles. The number of hydrogen-bond donors (Lipinski definition) is 1. The van der Waals surface area contributed by atoms with Crippen molar-refractivity contribution in [2.24, 2.45) is 0 Å². The zero-order chi connectivity index (χ0) is 14.6. The van der Waals surface area contributed by atoms with E-state index in [-0.39, 0.29) is 17.4 Å². The predicted octanol–water partition coefficient (Wildman–Crippen LogP) is 4.25. The molecule has 0 spiro atoms. The Hall–Kier alpha value is -1.95. The van der Waals surface area contributed by atoms with E-state index in [0.717, 1.165) is 0 Å². The Morgan fingerprint density at radius 1 is 1.15 bits per heavy atom. The maximum Gasteiger partial charge on any atom is 0.573 e. The summed E-state index contributed by atoms with van der Waals surface area (Å²) in [5.74, 6) is -0.243. The summed E-state index contributed by atoms with van der Waals surface area (Å²) < 4.78 is 40.8. The molecule has 0 fully saturated rings. The SMILES string of the molecule is FC(F)(F)Oc1ccccc1CNc1cccnc1Cl. The molecule has 7 heteroatoms. The predicted molar refractivity (Wildman–Crippen MR) is 69.7 cm³/mol. The average molecular weight is 303 g/mol. The van der Waals surface area contributed by atoms with Gasteiger partial charge in [0, 0.05) is 18.3 Å². The number of alkyl halides is 3. The van der Waals surface area contributed by atoms with Crippen LogP contribution in [0.1, 0.15) is 5.56 Å². The Bertz CT molecular complexity index is 590. The summed E-state index contributed by atoms with van der Waals surface area (Å²) >= 11 is 5.85. The van der Waals surface area contributed by atoms with E-state index in [1.165, 1.54) is 18.3 Å². The van der Waals surface area contributed by atoms with Gasteiger partial charge < -0.3 is 10.1 Å². The van der Waals surface area contributed by atoms with Crippen LogP contribution in [0.3, 0.4) is 0 Å². The molecule has 0 aliphatic carbocycles. The maximum atomic E-state index is 12.3. The first-order valence-corrected chi connectivity index (χ1v) is 6.01. The van der Waals surface area contributed by atoms with Gasteiger partial charge in [0.15, 0.2) is 5.15 Å². The minimum Gasteiger partial charge on any atom is -0.405 e. The van der Waals surface area contributed by atoms with Crippen LogP contribution < -0.4 is 10.1 Å². The van der Waals surface area contributed by atoms with Crippen molar-refractivity contribution in [2.75, 3.05) is 5.32 Å². The fourth-order valence-electron chi connectivity index (χ4n) is 1.58. The van der Waals surface area contributed by atoms with Gasteiger partial charge in [-0.25, -0.2) is 4.98 Å². The molecule has 0 amide bonds. The Morgan fingerprint density at radius 3 is 2.60 bits per heavy atom. The van der Waals surface area contributed by atoms with Crippen molar-refractivity contribution in [3.05, 3.63) is 53.3 Å². The highest BCUT2D eigenvalue weighted by atomic mass is 35.5. The second-order valence-corrected chi connectivity index (χ2v) is 4.21. The Morgan fingerprint density at radius 2 is 1.90 bits per heavy atom. The lowest BCUT2D eigenvalue weighted by Gasteiger charge is -2.14. The number of rotatable bonds is 4. The number of ether oxygens (including phenoxy) is 1. The molecular weight excluding hydrogens is 293 g/mol. The number of hydrogen-bond acceptors (Lipinski definition) is 3. The fourth-order valence-corrected chi connectivity index (χ4v) is 1.77. The van der Waals surface area contributed by atoms with Crippen LogP contribution in [0.2, 0.25) is 5.15 Å². The van der Waals surface area contributed by atoms with Gasteiger partial charge in [-0.15, -0.1) is 13.2 Å². The number of nitrogens with one attached hydrogen (secondary N) is 1. The molecule has 0 unspecified atom stereocenters. The Balaban J connectivity index is 2.12. The quantitative estimate of drug-likeness (QED) is 0.858. The first-order chi connectivity index (χ1) is 9.46. The van der Waals surface area contributed by atoms with Crippen LogP contribution in [0.5, 0.6) is 5.75 Å². The third-order valence-corrected chi connectivity index (χ3v) is 2.73. The molecule has 0 saturated carbocycles. The summed E-state index contributed by atoms with van der Waals surface area (Å²) in [6.07, 6.45) is -3.20. The summed E-state index contributed by atoms with van der Waals surface area (Å²) in [4.78, 5) is 3.86. The van der Waals surface area contributed by atoms with Gasteiger partial charge in [0.05, 0.1) is 5.69 Å².